The van der Waals surface area contributed by atoms with Crippen molar-refractivity contribution in [3.8, 4) is 0 Å². The van der Waals surface area contributed by atoms with Crippen molar-refractivity contribution in [2.24, 2.45) is 0 Å². The summed E-state index contributed by atoms with van der Waals surface area (Å²) in [5.41, 5.74) is 0.102. The average molecular weight is 174 g/mol. The Morgan fingerprint density at radius 1 is 1.67 bits per heavy atom. The van der Waals surface area contributed by atoms with Gasteiger partial charge in [0.2, 0.25) is 0 Å². The van der Waals surface area contributed by atoms with Crippen molar-refractivity contribution < 1.29 is 27.0 Å². The van der Waals surface area contributed by atoms with Crippen LogP contribution in [0.1, 0.15) is 10.5 Å². The summed E-state index contributed by atoms with van der Waals surface area (Å²) in [4.78, 5) is 13.5. The van der Waals surface area contributed by atoms with Crippen molar-refractivity contribution in [2.75, 3.05) is 0 Å². The van der Waals surface area contributed by atoms with E-state index in [-0.39, 0.29) is 22.8 Å². The number of carboxylic acid groups (broad SMARTS) is 1. The molecule has 0 aliphatic carbocycles. The summed E-state index contributed by atoms with van der Waals surface area (Å²) in [6.45, 7) is 0. The summed E-state index contributed by atoms with van der Waals surface area (Å²) in [6, 6.07) is 3.03. The van der Waals surface area contributed by atoms with E-state index in [9.17, 15) is 4.79 Å². The van der Waals surface area contributed by atoms with Gasteiger partial charge in [-0.15, -0.1) is 0 Å². The maximum Gasteiger partial charge on any atom is 1.00 e. The Kier molecular flexibility index (Phi) is 3.06. The van der Waals surface area contributed by atoms with Crippen LogP contribution >= 0.6 is 0 Å². The average Bonchev–Trinajstić information content (AvgIpc) is 2.12. The molecule has 0 saturated heterocycles. The zero-order valence-electron chi connectivity index (χ0n) is 4.34. The van der Waals surface area contributed by atoms with Gasteiger partial charge in [-0.3, -0.25) is 0 Å². The van der Waals surface area contributed by atoms with E-state index in [1.54, 1.807) is 6.07 Å². The molecule has 0 spiro atoms. The van der Waals surface area contributed by atoms with Crippen LogP contribution in [0.15, 0.2) is 18.3 Å². The summed E-state index contributed by atoms with van der Waals surface area (Å²) in [5.74, 6) is -0.977. The zero-order chi connectivity index (χ0) is 5.98. The van der Waals surface area contributed by atoms with Gasteiger partial charge in [0, 0.05) is 0 Å². The standard InChI is InChI=1S/C5H4NO2.Cu/c7-5(8)4-2-1-3-6-4;/h1-3H,(H,7,8);/q-1;+1. The molecule has 0 aliphatic heterocycles. The Morgan fingerprint density at radius 2 is 2.33 bits per heavy atom. The Labute approximate surface area is 62.6 Å². The molecule has 0 saturated carbocycles. The number of carbonyl (C=O) groups is 1. The molecule has 0 radical (unpaired) electrons. The molecule has 3 nitrogen and oxygen atoms in total. The summed E-state index contributed by atoms with van der Waals surface area (Å²) in [5, 5.41) is 8.21. The molecule has 0 aliphatic rings. The van der Waals surface area contributed by atoms with Crippen LogP contribution in [0, 0.1) is 0 Å². The molecule has 0 bridgehead atoms. The van der Waals surface area contributed by atoms with Crippen LogP contribution in [-0.2, 0) is 17.1 Å². The summed E-state index contributed by atoms with van der Waals surface area (Å²) in [6.07, 6.45) is 1.45. The predicted octanol–water partition coefficient (Wildman–Crippen LogP) is 0.339. The molecular formula is C5H4CuNO2. The van der Waals surface area contributed by atoms with Gasteiger partial charge in [0.15, 0.2) is 0 Å². The van der Waals surface area contributed by atoms with Gasteiger partial charge in [-0.05, 0) is 5.69 Å². The molecule has 0 aromatic carbocycles. The second kappa shape index (κ2) is 3.33. The Balaban J connectivity index is 0.000000640. The molecule has 1 N–H and O–H groups in total. The Hall–Kier alpha value is -0.731. The van der Waals surface area contributed by atoms with Crippen LogP contribution in [-0.4, -0.2) is 11.1 Å². The number of rotatable bonds is 1. The third-order valence-electron chi connectivity index (χ3n) is 0.773. The SMILES string of the molecule is O=C(O)c1ccc[n-]1.[Cu+]. The second-order valence-electron chi connectivity index (χ2n) is 1.33. The minimum atomic E-state index is -0.977. The van der Waals surface area contributed by atoms with E-state index in [4.69, 9.17) is 5.11 Å². The van der Waals surface area contributed by atoms with Gasteiger partial charge in [-0.1, -0.05) is 12.1 Å². The molecule has 4 heteroatoms. The first-order valence-corrected chi connectivity index (χ1v) is 2.11. The molecule has 52 valence electrons. The number of carboxylic acids is 1. The third-order valence-corrected chi connectivity index (χ3v) is 0.773. The number of hydrogen-bond acceptors (Lipinski definition) is 1. The van der Waals surface area contributed by atoms with E-state index in [0.717, 1.165) is 0 Å². The first kappa shape index (κ1) is 8.27. The van der Waals surface area contributed by atoms with Crippen molar-refractivity contribution in [3.05, 3.63) is 24.0 Å². The number of aromatic nitrogens is 1. The fourth-order valence-electron chi connectivity index (χ4n) is 0.427. The first-order valence-electron chi connectivity index (χ1n) is 2.11. The number of nitrogens with zero attached hydrogens (tertiary/aromatic N) is 1. The maximum atomic E-state index is 10.00. The molecule has 0 unspecified atom stereocenters. The molecule has 0 amide bonds. The van der Waals surface area contributed by atoms with E-state index in [0.29, 0.717) is 0 Å². The van der Waals surface area contributed by atoms with Crippen molar-refractivity contribution in [1.29, 1.82) is 0 Å². The minimum absolute atomic E-state index is 0. The second-order valence-corrected chi connectivity index (χ2v) is 1.33. The van der Waals surface area contributed by atoms with Gasteiger partial charge >= 0.3 is 23.0 Å². The molecular weight excluding hydrogens is 170 g/mol. The number of aromatic carboxylic acids is 1. The van der Waals surface area contributed by atoms with Gasteiger partial charge in [0.1, 0.15) is 0 Å². The van der Waals surface area contributed by atoms with Crippen molar-refractivity contribution in [2.45, 2.75) is 0 Å². The maximum absolute atomic E-state index is 10.00. The van der Waals surface area contributed by atoms with E-state index < -0.39 is 5.97 Å². The topological polar surface area (TPSA) is 51.4 Å². The first-order chi connectivity index (χ1) is 3.80. The summed E-state index contributed by atoms with van der Waals surface area (Å²) >= 11 is 0. The molecule has 1 aromatic rings. The third kappa shape index (κ3) is 1.91. The van der Waals surface area contributed by atoms with Gasteiger partial charge in [0.25, 0.3) is 0 Å². The predicted molar refractivity (Wildman–Crippen MR) is 26.7 cm³/mol. The normalized spacial score (nSPS) is 8.00. The Morgan fingerprint density at radius 3 is 2.56 bits per heavy atom. The van der Waals surface area contributed by atoms with E-state index >= 15 is 0 Å². The summed E-state index contributed by atoms with van der Waals surface area (Å²) in [7, 11) is 0. The van der Waals surface area contributed by atoms with E-state index in [1.165, 1.54) is 12.3 Å². The summed E-state index contributed by atoms with van der Waals surface area (Å²) < 4.78 is 0. The van der Waals surface area contributed by atoms with Crippen LogP contribution in [0.5, 0.6) is 0 Å². The quantitative estimate of drug-likeness (QED) is 0.624. The van der Waals surface area contributed by atoms with Gasteiger partial charge in [-0.2, -0.15) is 6.20 Å². The van der Waals surface area contributed by atoms with Gasteiger partial charge < -0.3 is 10.1 Å². The van der Waals surface area contributed by atoms with Crippen molar-refractivity contribution >= 4 is 5.97 Å². The molecule has 1 aromatic heterocycles. The van der Waals surface area contributed by atoms with Crippen LogP contribution < -0.4 is 4.98 Å². The van der Waals surface area contributed by atoms with E-state index in [1.807, 2.05) is 0 Å². The largest absolute Gasteiger partial charge is 1.00 e. The zero-order valence-corrected chi connectivity index (χ0v) is 5.28. The fraction of sp³-hybridized carbons (Fsp3) is 0. The van der Waals surface area contributed by atoms with Crippen LogP contribution in [0.25, 0.3) is 0 Å². The minimum Gasteiger partial charge on any atom is -0.658 e. The smallest absolute Gasteiger partial charge is 0.658 e. The van der Waals surface area contributed by atoms with Crippen LogP contribution in [0.4, 0.5) is 0 Å². The molecule has 9 heavy (non-hydrogen) atoms. The molecule has 1 heterocycles. The van der Waals surface area contributed by atoms with Crippen LogP contribution in [0.2, 0.25) is 0 Å². The van der Waals surface area contributed by atoms with Crippen LogP contribution in [0.3, 0.4) is 0 Å². The van der Waals surface area contributed by atoms with Gasteiger partial charge in [0.05, 0.1) is 0 Å². The monoisotopic (exact) mass is 173 g/mol. The number of hydrogen-bond donors (Lipinski definition) is 1. The van der Waals surface area contributed by atoms with Crippen molar-refractivity contribution in [3.63, 3.8) is 0 Å². The Bertz CT molecular complexity index is 183. The molecule has 0 fully saturated rings. The van der Waals surface area contributed by atoms with Gasteiger partial charge in [-0.25, -0.2) is 4.79 Å². The van der Waals surface area contributed by atoms with Crippen molar-refractivity contribution in [1.82, 2.24) is 4.98 Å². The van der Waals surface area contributed by atoms with E-state index in [2.05, 4.69) is 4.98 Å². The molecule has 0 atom stereocenters. The fourth-order valence-corrected chi connectivity index (χ4v) is 0.427. The molecule has 1 rings (SSSR count).